The Balaban J connectivity index is 1.68. The number of hydrogen-bond acceptors (Lipinski definition) is 4. The summed E-state index contributed by atoms with van der Waals surface area (Å²) in [7, 11) is 3.18. The lowest BCUT2D eigenvalue weighted by atomic mass is 9.93. The maximum Gasteiger partial charge on any atom is 0.185 e. The molecule has 0 saturated heterocycles. The molecule has 160 valence electrons. The van der Waals surface area contributed by atoms with Crippen molar-refractivity contribution in [2.24, 2.45) is 0 Å². The highest BCUT2D eigenvalue weighted by atomic mass is 35.5. The predicted molar refractivity (Wildman–Crippen MR) is 123 cm³/mol. The highest BCUT2D eigenvalue weighted by Gasteiger charge is 2.15. The number of carbonyl (C=O) groups is 2. The molecule has 0 aliphatic heterocycles. The number of hydrogen-bond donors (Lipinski definition) is 0. The van der Waals surface area contributed by atoms with Gasteiger partial charge in [-0.2, -0.15) is 0 Å². The van der Waals surface area contributed by atoms with Crippen molar-refractivity contribution in [1.29, 1.82) is 0 Å². The summed E-state index contributed by atoms with van der Waals surface area (Å²) < 4.78 is 10.2. The average molecular weight is 437 g/mol. The number of halogens is 1. The van der Waals surface area contributed by atoms with Gasteiger partial charge in [-0.1, -0.05) is 23.8 Å². The highest BCUT2D eigenvalue weighted by Crippen LogP contribution is 2.33. The van der Waals surface area contributed by atoms with Gasteiger partial charge in [0.15, 0.2) is 11.6 Å². The van der Waals surface area contributed by atoms with Crippen molar-refractivity contribution in [2.45, 2.75) is 25.7 Å². The third-order valence-corrected chi connectivity index (χ3v) is 5.70. The average Bonchev–Trinajstić information content (AvgIpc) is 2.82. The first-order valence-electron chi connectivity index (χ1n) is 10.1. The van der Waals surface area contributed by atoms with Crippen LogP contribution in [-0.2, 0) is 0 Å². The Kier molecular flexibility index (Phi) is 7.85. The minimum atomic E-state index is -0.0922. The summed E-state index contributed by atoms with van der Waals surface area (Å²) in [5.41, 5.74) is 3.09. The van der Waals surface area contributed by atoms with E-state index in [0.29, 0.717) is 27.7 Å². The molecule has 0 aromatic heterocycles. The van der Waals surface area contributed by atoms with E-state index in [1.54, 1.807) is 74.9 Å². The number of Topliss-reactive ketones (excluding diaryl/α,β-unsaturated/α-hetero) is 1. The van der Waals surface area contributed by atoms with Gasteiger partial charge in [0.25, 0.3) is 0 Å². The number of ketones is 2. The van der Waals surface area contributed by atoms with Crippen molar-refractivity contribution < 1.29 is 19.1 Å². The molecule has 5 heteroatoms. The fraction of sp³-hybridized carbons (Fsp3) is 0.231. The first-order chi connectivity index (χ1) is 15.0. The smallest absolute Gasteiger partial charge is 0.185 e. The zero-order chi connectivity index (χ0) is 22.2. The lowest BCUT2D eigenvalue weighted by molar-refractivity contribution is 0.0994. The van der Waals surface area contributed by atoms with Crippen molar-refractivity contribution in [1.82, 2.24) is 0 Å². The quantitative estimate of drug-likeness (QED) is 0.359. The third-order valence-electron chi connectivity index (χ3n) is 5.21. The van der Waals surface area contributed by atoms with Crippen molar-refractivity contribution >= 4 is 23.2 Å². The topological polar surface area (TPSA) is 52.6 Å². The summed E-state index contributed by atoms with van der Waals surface area (Å²) in [4.78, 5) is 24.9. The lowest BCUT2D eigenvalue weighted by Gasteiger charge is -2.17. The van der Waals surface area contributed by atoms with Gasteiger partial charge in [0.05, 0.1) is 14.2 Å². The van der Waals surface area contributed by atoms with Crippen LogP contribution in [0.1, 0.15) is 46.4 Å². The minimum absolute atomic E-state index is 0.0250. The molecule has 0 N–H and O–H groups in total. The molecule has 2 aromatic carbocycles. The van der Waals surface area contributed by atoms with Crippen LogP contribution in [-0.4, -0.2) is 25.8 Å². The van der Waals surface area contributed by atoms with Crippen LogP contribution in [0.5, 0.6) is 11.5 Å². The van der Waals surface area contributed by atoms with Crippen LogP contribution >= 0.6 is 11.6 Å². The van der Waals surface area contributed by atoms with E-state index in [9.17, 15) is 9.59 Å². The Morgan fingerprint density at radius 2 is 1.48 bits per heavy atom. The molecule has 4 nitrogen and oxygen atoms in total. The van der Waals surface area contributed by atoms with Gasteiger partial charge in [0.2, 0.25) is 0 Å². The molecule has 0 unspecified atom stereocenters. The normalized spacial score (nSPS) is 15.4. The molecular formula is C26H25ClO4. The Hall–Kier alpha value is -3.11. The monoisotopic (exact) mass is 436 g/mol. The molecule has 0 saturated carbocycles. The maximum absolute atomic E-state index is 12.5. The zero-order valence-electron chi connectivity index (χ0n) is 17.7. The number of allylic oxidation sites excluding steroid dienone is 6. The maximum atomic E-state index is 12.5. The number of benzene rings is 2. The van der Waals surface area contributed by atoms with E-state index in [4.69, 9.17) is 21.1 Å². The van der Waals surface area contributed by atoms with Gasteiger partial charge >= 0.3 is 0 Å². The van der Waals surface area contributed by atoms with E-state index in [2.05, 4.69) is 0 Å². The number of ether oxygens (including phenoxy) is 2. The van der Waals surface area contributed by atoms with Crippen LogP contribution < -0.4 is 9.47 Å². The Morgan fingerprint density at radius 1 is 0.903 bits per heavy atom. The summed E-state index contributed by atoms with van der Waals surface area (Å²) in [6, 6.07) is 14.1. The molecule has 0 heterocycles. The molecule has 0 amide bonds. The largest absolute Gasteiger partial charge is 0.497 e. The molecule has 0 fully saturated rings. The van der Waals surface area contributed by atoms with Gasteiger partial charge in [0, 0.05) is 22.6 Å². The Bertz CT molecular complexity index is 1030. The Labute approximate surface area is 187 Å². The van der Waals surface area contributed by atoms with Crippen molar-refractivity contribution in [3.05, 3.63) is 94.1 Å². The fourth-order valence-corrected chi connectivity index (χ4v) is 3.71. The summed E-state index contributed by atoms with van der Waals surface area (Å²) >= 11 is 6.59. The van der Waals surface area contributed by atoms with Crippen LogP contribution in [0.25, 0.3) is 0 Å². The zero-order valence-corrected chi connectivity index (χ0v) is 18.4. The van der Waals surface area contributed by atoms with E-state index in [-0.39, 0.29) is 18.0 Å². The molecule has 1 aliphatic rings. The standard InChI is InChI=1S/C26H25ClO4/c1-30-22-12-6-18(7-13-22)24(28)16-10-20-4-3-5-21(26(20)27)11-17-25(29)19-8-14-23(31-2)15-9-19/h6-16H,3-5,17H2,1-2H3/b16-10+,21-11+. The van der Waals surface area contributed by atoms with E-state index >= 15 is 0 Å². The van der Waals surface area contributed by atoms with Gasteiger partial charge in [-0.05, 0) is 85.0 Å². The number of methoxy groups -OCH3 is 2. The summed E-state index contributed by atoms with van der Waals surface area (Å²) in [5, 5.41) is 0.632. The third kappa shape index (κ3) is 5.96. The first-order valence-corrected chi connectivity index (χ1v) is 10.5. The van der Waals surface area contributed by atoms with Crippen molar-refractivity contribution in [3.8, 4) is 11.5 Å². The number of carbonyl (C=O) groups excluding carboxylic acids is 2. The molecule has 0 bridgehead atoms. The van der Waals surface area contributed by atoms with Gasteiger partial charge in [-0.15, -0.1) is 0 Å². The molecule has 2 aromatic rings. The van der Waals surface area contributed by atoms with Crippen LogP contribution in [0.15, 0.2) is 82.9 Å². The predicted octanol–water partition coefficient (Wildman–Crippen LogP) is 6.32. The van der Waals surface area contributed by atoms with E-state index in [1.807, 2.05) is 6.08 Å². The first kappa shape index (κ1) is 22.6. The van der Waals surface area contributed by atoms with Crippen molar-refractivity contribution in [3.63, 3.8) is 0 Å². The van der Waals surface area contributed by atoms with Crippen LogP contribution in [0, 0.1) is 0 Å². The SMILES string of the molecule is COc1ccc(C(=O)/C=C/C2=C(Cl)C(=C/CC(=O)c3ccc(OC)cc3)/CCC2)cc1. The summed E-state index contributed by atoms with van der Waals surface area (Å²) in [5.74, 6) is 1.36. The van der Waals surface area contributed by atoms with Gasteiger partial charge in [-0.3, -0.25) is 9.59 Å². The van der Waals surface area contributed by atoms with Gasteiger partial charge < -0.3 is 9.47 Å². The second-order valence-corrected chi connectivity index (χ2v) is 7.58. The molecule has 3 rings (SSSR count). The molecule has 31 heavy (non-hydrogen) atoms. The van der Waals surface area contributed by atoms with Gasteiger partial charge in [-0.25, -0.2) is 0 Å². The summed E-state index contributed by atoms with van der Waals surface area (Å²) in [6.07, 6.45) is 8.05. The number of rotatable bonds is 8. The lowest BCUT2D eigenvalue weighted by Crippen LogP contribution is -2.02. The second kappa shape index (κ2) is 10.8. The van der Waals surface area contributed by atoms with Crippen molar-refractivity contribution in [2.75, 3.05) is 14.2 Å². The minimum Gasteiger partial charge on any atom is -0.497 e. The fourth-order valence-electron chi connectivity index (χ4n) is 3.38. The van der Waals surface area contributed by atoms with Crippen LogP contribution in [0.2, 0.25) is 0 Å². The van der Waals surface area contributed by atoms with E-state index in [1.165, 1.54) is 0 Å². The van der Waals surface area contributed by atoms with Crippen LogP contribution in [0.3, 0.4) is 0 Å². The second-order valence-electron chi connectivity index (χ2n) is 7.20. The molecule has 0 spiro atoms. The van der Waals surface area contributed by atoms with E-state index < -0.39 is 0 Å². The molecule has 0 atom stereocenters. The molecular weight excluding hydrogens is 412 g/mol. The van der Waals surface area contributed by atoms with E-state index in [0.717, 1.165) is 30.4 Å². The Morgan fingerprint density at radius 3 is 2.06 bits per heavy atom. The highest BCUT2D eigenvalue weighted by molar-refractivity contribution is 6.32. The molecule has 0 radical (unpaired) electrons. The van der Waals surface area contributed by atoms with Crippen LogP contribution in [0.4, 0.5) is 0 Å². The molecule has 1 aliphatic carbocycles. The van der Waals surface area contributed by atoms with Gasteiger partial charge in [0.1, 0.15) is 11.5 Å². The summed E-state index contributed by atoms with van der Waals surface area (Å²) in [6.45, 7) is 0.